The number of halogens is 3. The first-order valence-electron chi connectivity index (χ1n) is 30.8. The minimum absolute atomic E-state index is 0. The quantitative estimate of drug-likeness (QED) is 0.0987. The van der Waals surface area contributed by atoms with Crippen molar-refractivity contribution in [3.05, 3.63) is 212 Å². The number of aliphatic hydroxyl groups excluding tert-OH is 1. The summed E-state index contributed by atoms with van der Waals surface area (Å²) >= 11 is 10.8. The maximum Gasteiger partial charge on any atom is 0.255 e. The van der Waals surface area contributed by atoms with Gasteiger partial charge in [-0.25, -0.2) is 15.0 Å². The Bertz CT molecular complexity index is 3690. The molecule has 21 heteroatoms. The molecule has 2 aromatic heterocycles. The Hall–Kier alpha value is -7.39. The molecule has 0 spiro atoms. The molecule has 472 valence electrons. The van der Waals surface area contributed by atoms with Gasteiger partial charge in [-0.1, -0.05) is 121 Å². The van der Waals surface area contributed by atoms with Gasteiger partial charge in [-0.15, -0.1) is 35.6 Å². The predicted molar refractivity (Wildman–Crippen MR) is 347 cm³/mol. The first-order valence-corrected chi connectivity index (χ1v) is 31.8. The van der Waals surface area contributed by atoms with Crippen molar-refractivity contribution in [2.75, 3.05) is 49.6 Å². The Kier molecular flexibility index (Phi) is 22.6. The number of aryl methyl sites for hydroxylation is 5. The van der Waals surface area contributed by atoms with Gasteiger partial charge in [-0.2, -0.15) is 0 Å². The molecule has 9 atom stereocenters. The molecule has 0 bridgehead atoms. The molecule has 5 heterocycles. The average molecular weight is 1280 g/mol. The van der Waals surface area contributed by atoms with Crippen molar-refractivity contribution < 1.29 is 38.5 Å². The number of alkyl halides is 2. The standard InChI is InChI=1S/C21H21N5O2.C12H14ClNO2.C12H12ClNO2.C12H13NO2.C12H15NO.ClH/c1-25-19(27)12-17(16-8-9-22-13-23-16)24-21(25)26-10-11-28-20-15-5-3-2-4-14(15)6-7-18(20)26;2*13-7-11(15)14-10-6-5-8-3-1-2-4-9(8)12(10)16;14-11-7-15-12-9-4-2-1-3-8(9)5-6-10(12)13-11;1-2-4-10-9(3-1)5-6-11-12(10)14-8-7-13-11;/h2-5,8-9,12-13,18,20H,6-7,10-11H2,1H3;1-4,10,12,16H,5-7H2,(H,14,15);1-4,10H,5-7H2,(H,14,15);1-4,10,12H,5-7H2,(H,13,14);1-4,11-13H,5-8H2;1H/t18-,20+;10-,12+;;10-,12+;11-,12+;/m11.11./s1. The summed E-state index contributed by atoms with van der Waals surface area (Å²) in [6.45, 7) is 3.34. The number of amides is 3. The molecule has 3 aliphatic heterocycles. The number of carbonyl (C=O) groups excluding carboxylic acids is 4. The summed E-state index contributed by atoms with van der Waals surface area (Å²) in [6.07, 6.45) is 12.3. The van der Waals surface area contributed by atoms with Crippen molar-refractivity contribution >= 4 is 65.1 Å². The van der Waals surface area contributed by atoms with Crippen LogP contribution in [-0.2, 0) is 67.7 Å². The normalized spacial score (nSPS) is 23.7. The number of hydrogen-bond donors (Lipinski definition) is 5. The van der Waals surface area contributed by atoms with Crippen molar-refractivity contribution in [1.82, 2.24) is 40.8 Å². The van der Waals surface area contributed by atoms with Gasteiger partial charge in [0, 0.05) is 44.0 Å². The van der Waals surface area contributed by atoms with Gasteiger partial charge in [0.1, 0.15) is 36.9 Å². The van der Waals surface area contributed by atoms with Crippen molar-refractivity contribution in [3.63, 3.8) is 0 Å². The van der Waals surface area contributed by atoms with Crippen molar-refractivity contribution in [1.29, 1.82) is 0 Å². The van der Waals surface area contributed by atoms with Crippen LogP contribution >= 0.6 is 35.6 Å². The summed E-state index contributed by atoms with van der Waals surface area (Å²) in [6, 6.07) is 44.3. The molecule has 7 aromatic rings. The molecule has 5 N–H and O–H groups in total. The molecule has 0 saturated carbocycles. The largest absolute Gasteiger partial charge is 0.386 e. The number of carbonyl (C=O) groups is 4. The van der Waals surface area contributed by atoms with Crippen LogP contribution in [0.3, 0.4) is 0 Å². The van der Waals surface area contributed by atoms with E-state index in [4.69, 9.17) is 42.4 Å². The van der Waals surface area contributed by atoms with E-state index in [1.165, 1.54) is 58.6 Å². The van der Waals surface area contributed by atoms with Gasteiger partial charge in [0.15, 0.2) is 5.78 Å². The molecule has 3 amide bonds. The van der Waals surface area contributed by atoms with Gasteiger partial charge in [0.25, 0.3) is 5.56 Å². The Morgan fingerprint density at radius 2 is 1.19 bits per heavy atom. The summed E-state index contributed by atoms with van der Waals surface area (Å²) in [5.41, 5.74) is 13.0. The van der Waals surface area contributed by atoms with E-state index in [-0.39, 0.29) is 90.2 Å². The highest BCUT2D eigenvalue weighted by atomic mass is 35.5. The third-order valence-electron chi connectivity index (χ3n) is 17.8. The number of aliphatic hydroxyl groups is 1. The van der Waals surface area contributed by atoms with Crippen LogP contribution in [-0.4, -0.2) is 123 Å². The van der Waals surface area contributed by atoms with Gasteiger partial charge in [-0.05, 0) is 120 Å². The fourth-order valence-electron chi connectivity index (χ4n) is 13.4. The van der Waals surface area contributed by atoms with Crippen LogP contribution in [0.25, 0.3) is 11.4 Å². The summed E-state index contributed by atoms with van der Waals surface area (Å²) in [7, 11) is 1.77. The fourth-order valence-corrected chi connectivity index (χ4v) is 13.6. The molecule has 15 rings (SSSR count). The lowest BCUT2D eigenvalue weighted by Gasteiger charge is -2.45. The van der Waals surface area contributed by atoms with E-state index < -0.39 is 12.1 Å². The average Bonchev–Trinajstić information content (AvgIpc) is 0.947. The number of fused-ring (bicyclic) bond motifs is 11. The molecule has 3 fully saturated rings. The van der Waals surface area contributed by atoms with Gasteiger partial charge < -0.3 is 45.5 Å². The Morgan fingerprint density at radius 3 is 1.86 bits per heavy atom. The van der Waals surface area contributed by atoms with E-state index in [9.17, 15) is 29.1 Å². The second-order valence-corrected chi connectivity index (χ2v) is 23.8. The van der Waals surface area contributed by atoms with Crippen molar-refractivity contribution in [2.24, 2.45) is 7.05 Å². The number of Topliss-reactive ketones (excluding diaryl/α,β-unsaturated/α-hetero) is 1. The highest BCUT2D eigenvalue weighted by Gasteiger charge is 2.40. The lowest BCUT2D eigenvalue weighted by atomic mass is 9.84. The minimum Gasteiger partial charge on any atom is -0.386 e. The van der Waals surface area contributed by atoms with Crippen LogP contribution in [0.4, 0.5) is 5.95 Å². The Labute approximate surface area is 540 Å². The minimum atomic E-state index is -0.628. The molecule has 18 nitrogen and oxygen atoms in total. The van der Waals surface area contributed by atoms with Crippen LogP contribution in [0.1, 0.15) is 117 Å². The fraction of sp³-hybridized carbons (Fsp3) is 0.391. The van der Waals surface area contributed by atoms with Crippen LogP contribution in [0.15, 0.2) is 151 Å². The maximum absolute atomic E-state index is 12.7. The first-order chi connectivity index (χ1) is 43.5. The number of nitrogens with one attached hydrogen (secondary N) is 4. The van der Waals surface area contributed by atoms with E-state index >= 15 is 0 Å². The first kappa shape index (κ1) is 65.6. The zero-order valence-corrected chi connectivity index (χ0v) is 52.5. The van der Waals surface area contributed by atoms with E-state index in [0.717, 1.165) is 74.8 Å². The molecule has 0 radical (unpaired) electrons. The number of anilines is 1. The van der Waals surface area contributed by atoms with Crippen LogP contribution < -0.4 is 31.7 Å². The number of rotatable bonds is 6. The highest BCUT2D eigenvalue weighted by molar-refractivity contribution is 6.27. The highest BCUT2D eigenvalue weighted by Crippen LogP contribution is 2.40. The molecule has 1 unspecified atom stereocenters. The van der Waals surface area contributed by atoms with Crippen molar-refractivity contribution in [3.8, 4) is 11.4 Å². The lowest BCUT2D eigenvalue weighted by molar-refractivity contribution is -0.138. The van der Waals surface area contributed by atoms with E-state index in [0.29, 0.717) is 54.6 Å². The number of ketones is 1. The number of hydrogen-bond acceptors (Lipinski definition) is 14. The van der Waals surface area contributed by atoms with Crippen LogP contribution in [0, 0.1) is 0 Å². The van der Waals surface area contributed by atoms with E-state index in [1.807, 2.05) is 48.5 Å². The SMILES string of the molecule is Cl.Cn1c(N2CCO[C@H]3c4ccccc4CC[C@H]32)nc(-c2ccncn2)cc1=O.O=C(CCl)NC1CCc2ccccc2C1=O.O=C(CCl)N[C@@H]1CCc2ccccc2[C@@H]1O.O=C1CO[C@H]2c3ccccc3CC[C@H]2N1.c1ccc2c(c1)CC[C@H]1NCCO[C@@H]21. The molecule has 5 aliphatic carbocycles. The van der Waals surface area contributed by atoms with Crippen LogP contribution in [0.2, 0.25) is 0 Å². The number of nitrogens with zero attached hydrogens (tertiary/aromatic N) is 5. The second kappa shape index (κ2) is 31.1. The topological polar surface area (TPSA) is 228 Å². The van der Waals surface area contributed by atoms with Crippen LogP contribution in [0.5, 0.6) is 0 Å². The molecule has 5 aromatic carbocycles. The molecule has 8 aliphatic rings. The summed E-state index contributed by atoms with van der Waals surface area (Å²) < 4.78 is 19.2. The third-order valence-corrected chi connectivity index (χ3v) is 18.3. The Morgan fingerprint density at radius 1 is 0.633 bits per heavy atom. The maximum atomic E-state index is 12.7. The Balaban J connectivity index is 0.000000127. The van der Waals surface area contributed by atoms with Gasteiger partial charge in [0.2, 0.25) is 23.7 Å². The molecular formula is C69H76Cl3N9O9. The van der Waals surface area contributed by atoms with E-state index in [1.54, 1.807) is 29.9 Å². The predicted octanol–water partition coefficient (Wildman–Crippen LogP) is 8.33. The van der Waals surface area contributed by atoms with E-state index in [2.05, 4.69) is 103 Å². The molecule has 3 saturated heterocycles. The number of ether oxygens (including phenoxy) is 3. The molecule has 90 heavy (non-hydrogen) atoms. The number of morpholine rings is 3. The second-order valence-electron chi connectivity index (χ2n) is 23.3. The summed E-state index contributed by atoms with van der Waals surface area (Å²) in [5.74, 6) is -0.0322. The smallest absolute Gasteiger partial charge is 0.255 e. The third kappa shape index (κ3) is 15.3. The number of aromatic nitrogens is 4. The summed E-state index contributed by atoms with van der Waals surface area (Å²) in [5, 5.41) is 22.0. The van der Waals surface area contributed by atoms with Gasteiger partial charge in [0.05, 0.1) is 61.0 Å². The molecular weight excluding hydrogens is 1210 g/mol. The monoisotopic (exact) mass is 1280 g/mol. The van der Waals surface area contributed by atoms with Crippen molar-refractivity contribution in [2.45, 2.75) is 119 Å². The lowest BCUT2D eigenvalue weighted by Crippen LogP contribution is -2.51. The zero-order chi connectivity index (χ0) is 61.8. The van der Waals surface area contributed by atoms with Gasteiger partial charge in [-0.3, -0.25) is 28.5 Å². The van der Waals surface area contributed by atoms with Gasteiger partial charge >= 0.3 is 0 Å². The summed E-state index contributed by atoms with van der Waals surface area (Å²) in [4.78, 5) is 73.4. The zero-order valence-electron chi connectivity index (χ0n) is 50.2. The number of benzene rings is 5.